The Hall–Kier alpha value is -0.220. The lowest BCUT2D eigenvalue weighted by Crippen LogP contribution is -2.43. The standard InChI is InChI=1S/C9H16O3S/c1-6(7(2)10)9(8(11)12)4-3-5-13-9/h6-7,10H,3-5H2,1-2H3,(H,11,12). The Balaban J connectivity index is 2.84. The van der Waals surface area contributed by atoms with E-state index in [0.29, 0.717) is 6.42 Å². The van der Waals surface area contributed by atoms with E-state index in [9.17, 15) is 9.90 Å². The van der Waals surface area contributed by atoms with Crippen molar-refractivity contribution in [3.05, 3.63) is 0 Å². The molecule has 3 nitrogen and oxygen atoms in total. The Kier molecular flexibility index (Phi) is 3.24. The molecule has 0 aliphatic carbocycles. The SMILES string of the molecule is CC(O)C(C)C1(C(=O)O)CCCS1. The second-order valence-corrected chi connectivity index (χ2v) is 5.10. The van der Waals surface area contributed by atoms with Gasteiger partial charge in [0.2, 0.25) is 0 Å². The van der Waals surface area contributed by atoms with E-state index in [2.05, 4.69) is 0 Å². The number of hydrogen-bond acceptors (Lipinski definition) is 3. The Labute approximate surface area is 82.5 Å². The minimum absolute atomic E-state index is 0.183. The average Bonchev–Trinajstić information content (AvgIpc) is 2.51. The fraction of sp³-hybridized carbons (Fsp3) is 0.889. The molecule has 1 aliphatic rings. The van der Waals surface area contributed by atoms with Crippen molar-refractivity contribution in [2.45, 2.75) is 37.5 Å². The van der Waals surface area contributed by atoms with Crippen LogP contribution in [0.3, 0.4) is 0 Å². The van der Waals surface area contributed by atoms with Crippen molar-refractivity contribution in [3.63, 3.8) is 0 Å². The van der Waals surface area contributed by atoms with Crippen molar-refractivity contribution < 1.29 is 15.0 Å². The van der Waals surface area contributed by atoms with Crippen molar-refractivity contribution in [1.29, 1.82) is 0 Å². The van der Waals surface area contributed by atoms with Crippen LogP contribution in [0.4, 0.5) is 0 Å². The van der Waals surface area contributed by atoms with Gasteiger partial charge < -0.3 is 10.2 Å². The third-order valence-corrected chi connectivity index (χ3v) is 4.63. The summed E-state index contributed by atoms with van der Waals surface area (Å²) in [5.74, 6) is -0.0653. The molecule has 0 aromatic carbocycles. The molecule has 0 radical (unpaired) electrons. The summed E-state index contributed by atoms with van der Waals surface area (Å²) in [5, 5.41) is 18.6. The van der Waals surface area contributed by atoms with Gasteiger partial charge in [0.25, 0.3) is 0 Å². The largest absolute Gasteiger partial charge is 0.480 e. The molecule has 0 aromatic rings. The van der Waals surface area contributed by atoms with Crippen LogP contribution in [0, 0.1) is 5.92 Å². The minimum Gasteiger partial charge on any atom is -0.480 e. The molecular weight excluding hydrogens is 188 g/mol. The summed E-state index contributed by atoms with van der Waals surface area (Å²) >= 11 is 1.47. The van der Waals surface area contributed by atoms with Gasteiger partial charge in [-0.25, -0.2) is 0 Å². The summed E-state index contributed by atoms with van der Waals surface area (Å²) in [6, 6.07) is 0. The molecule has 76 valence electrons. The number of carboxylic acid groups (broad SMARTS) is 1. The van der Waals surface area contributed by atoms with Gasteiger partial charge in [0.05, 0.1) is 6.10 Å². The summed E-state index contributed by atoms with van der Waals surface area (Å²) < 4.78 is -0.742. The van der Waals surface area contributed by atoms with Gasteiger partial charge in [-0.05, 0) is 25.5 Å². The second kappa shape index (κ2) is 3.88. The van der Waals surface area contributed by atoms with E-state index in [1.165, 1.54) is 11.8 Å². The normalized spacial score (nSPS) is 32.8. The van der Waals surface area contributed by atoms with Crippen LogP contribution in [0.5, 0.6) is 0 Å². The van der Waals surface area contributed by atoms with Gasteiger partial charge in [0, 0.05) is 5.92 Å². The number of carboxylic acids is 1. The van der Waals surface area contributed by atoms with Crippen LogP contribution in [0.1, 0.15) is 26.7 Å². The number of carbonyl (C=O) groups is 1. The maximum absolute atomic E-state index is 11.1. The van der Waals surface area contributed by atoms with E-state index in [4.69, 9.17) is 5.11 Å². The highest BCUT2D eigenvalue weighted by Gasteiger charge is 2.48. The first-order valence-electron chi connectivity index (χ1n) is 4.56. The number of aliphatic hydroxyl groups excluding tert-OH is 1. The zero-order valence-corrected chi connectivity index (χ0v) is 8.80. The first-order chi connectivity index (χ1) is 6.00. The van der Waals surface area contributed by atoms with Crippen LogP contribution in [-0.2, 0) is 4.79 Å². The molecule has 13 heavy (non-hydrogen) atoms. The lowest BCUT2D eigenvalue weighted by molar-refractivity contribution is -0.142. The van der Waals surface area contributed by atoms with Crippen molar-refractivity contribution in [1.82, 2.24) is 0 Å². The minimum atomic E-state index is -0.775. The average molecular weight is 204 g/mol. The zero-order valence-electron chi connectivity index (χ0n) is 7.99. The van der Waals surface area contributed by atoms with E-state index in [1.807, 2.05) is 6.92 Å². The molecule has 0 spiro atoms. The molecule has 1 rings (SSSR count). The van der Waals surface area contributed by atoms with Crippen molar-refractivity contribution in [2.75, 3.05) is 5.75 Å². The summed E-state index contributed by atoms with van der Waals surface area (Å²) in [5.41, 5.74) is 0. The number of rotatable bonds is 3. The van der Waals surface area contributed by atoms with Crippen LogP contribution < -0.4 is 0 Å². The van der Waals surface area contributed by atoms with E-state index >= 15 is 0 Å². The molecule has 0 bridgehead atoms. The second-order valence-electron chi connectivity index (χ2n) is 3.68. The van der Waals surface area contributed by atoms with Gasteiger partial charge in [0.15, 0.2) is 0 Å². The lowest BCUT2D eigenvalue weighted by atomic mass is 9.86. The maximum atomic E-state index is 11.1. The molecule has 0 amide bonds. The van der Waals surface area contributed by atoms with E-state index in [1.54, 1.807) is 6.92 Å². The smallest absolute Gasteiger partial charge is 0.320 e. The third-order valence-electron chi connectivity index (χ3n) is 2.87. The first-order valence-corrected chi connectivity index (χ1v) is 5.54. The zero-order chi connectivity index (χ0) is 10.1. The predicted molar refractivity (Wildman–Crippen MR) is 52.9 cm³/mol. The molecular formula is C9H16O3S. The number of thioether (sulfide) groups is 1. The molecule has 3 atom stereocenters. The Bertz CT molecular complexity index is 197. The number of hydrogen-bond donors (Lipinski definition) is 2. The summed E-state index contributed by atoms with van der Waals surface area (Å²) in [6.07, 6.45) is 1.06. The monoisotopic (exact) mass is 204 g/mol. The molecule has 1 saturated heterocycles. The molecule has 0 saturated carbocycles. The van der Waals surface area contributed by atoms with E-state index in [-0.39, 0.29) is 5.92 Å². The molecule has 2 N–H and O–H groups in total. The van der Waals surface area contributed by atoms with Crippen LogP contribution >= 0.6 is 11.8 Å². The Morgan fingerprint density at radius 2 is 2.15 bits per heavy atom. The molecule has 4 heteroatoms. The van der Waals surface area contributed by atoms with Gasteiger partial charge in [-0.2, -0.15) is 0 Å². The van der Waals surface area contributed by atoms with Crippen molar-refractivity contribution in [3.8, 4) is 0 Å². The molecule has 0 aromatic heterocycles. The molecule has 3 unspecified atom stereocenters. The summed E-state index contributed by atoms with van der Waals surface area (Å²) in [7, 11) is 0. The predicted octanol–water partition coefficient (Wildman–Crippen LogP) is 1.35. The highest BCUT2D eigenvalue weighted by molar-refractivity contribution is 8.01. The molecule has 1 aliphatic heterocycles. The Morgan fingerprint density at radius 3 is 2.46 bits per heavy atom. The lowest BCUT2D eigenvalue weighted by Gasteiger charge is -2.31. The third kappa shape index (κ3) is 1.83. The molecule has 1 fully saturated rings. The van der Waals surface area contributed by atoms with Gasteiger partial charge in [-0.15, -0.1) is 11.8 Å². The van der Waals surface area contributed by atoms with Crippen molar-refractivity contribution >= 4 is 17.7 Å². The van der Waals surface area contributed by atoms with Crippen LogP contribution in [0.2, 0.25) is 0 Å². The van der Waals surface area contributed by atoms with E-state index < -0.39 is 16.8 Å². The van der Waals surface area contributed by atoms with Gasteiger partial charge in [0.1, 0.15) is 4.75 Å². The van der Waals surface area contributed by atoms with Crippen LogP contribution in [-0.4, -0.2) is 32.8 Å². The quantitative estimate of drug-likeness (QED) is 0.728. The summed E-state index contributed by atoms with van der Waals surface area (Å²) in [6.45, 7) is 3.48. The fourth-order valence-corrected chi connectivity index (χ4v) is 3.30. The van der Waals surface area contributed by atoms with Gasteiger partial charge in [-0.1, -0.05) is 6.92 Å². The topological polar surface area (TPSA) is 57.5 Å². The highest BCUT2D eigenvalue weighted by Crippen LogP contribution is 2.45. The van der Waals surface area contributed by atoms with Gasteiger partial charge in [-0.3, -0.25) is 4.79 Å². The summed E-state index contributed by atoms with van der Waals surface area (Å²) in [4.78, 5) is 11.1. The van der Waals surface area contributed by atoms with Crippen LogP contribution in [0.25, 0.3) is 0 Å². The highest BCUT2D eigenvalue weighted by atomic mass is 32.2. The fourth-order valence-electron chi connectivity index (χ4n) is 1.77. The number of aliphatic carboxylic acids is 1. The van der Waals surface area contributed by atoms with Crippen LogP contribution in [0.15, 0.2) is 0 Å². The van der Waals surface area contributed by atoms with Gasteiger partial charge >= 0.3 is 5.97 Å². The van der Waals surface area contributed by atoms with E-state index in [0.717, 1.165) is 12.2 Å². The first kappa shape index (κ1) is 10.9. The maximum Gasteiger partial charge on any atom is 0.320 e. The Morgan fingerprint density at radius 1 is 1.54 bits per heavy atom. The molecule has 1 heterocycles. The van der Waals surface area contributed by atoms with Crippen molar-refractivity contribution in [2.24, 2.45) is 5.92 Å². The number of aliphatic hydroxyl groups is 1.